The SMILES string of the molecule is Cc1ccc(C2C(=O)c3ccccc3C2C=O)cc1. The molecule has 0 N–H and O–H groups in total. The second-order valence-corrected chi connectivity index (χ2v) is 5.00. The van der Waals surface area contributed by atoms with Gasteiger partial charge in [0.1, 0.15) is 6.29 Å². The molecule has 1 aliphatic carbocycles. The van der Waals surface area contributed by atoms with Crippen molar-refractivity contribution in [2.24, 2.45) is 0 Å². The summed E-state index contributed by atoms with van der Waals surface area (Å²) in [5, 5.41) is 0. The van der Waals surface area contributed by atoms with E-state index < -0.39 is 0 Å². The van der Waals surface area contributed by atoms with E-state index in [4.69, 9.17) is 0 Å². The minimum atomic E-state index is -0.365. The Balaban J connectivity index is 2.11. The van der Waals surface area contributed by atoms with Crippen molar-refractivity contribution in [3.05, 3.63) is 70.8 Å². The topological polar surface area (TPSA) is 34.1 Å². The number of ketones is 1. The fraction of sp³-hybridized carbons (Fsp3) is 0.176. The average molecular weight is 250 g/mol. The standard InChI is InChI=1S/C17H14O2/c1-11-6-8-12(9-7-11)16-15(10-18)13-4-2-3-5-14(13)17(16)19/h2-10,15-16H,1H3. The van der Waals surface area contributed by atoms with E-state index in [0.717, 1.165) is 23.0 Å². The Bertz CT molecular complexity index is 641. The molecule has 3 rings (SSSR count). The van der Waals surface area contributed by atoms with Gasteiger partial charge in [0.25, 0.3) is 0 Å². The van der Waals surface area contributed by atoms with Gasteiger partial charge in [-0.3, -0.25) is 4.79 Å². The third kappa shape index (κ3) is 1.80. The molecule has 0 amide bonds. The lowest BCUT2D eigenvalue weighted by Gasteiger charge is -2.14. The van der Waals surface area contributed by atoms with Crippen molar-refractivity contribution in [1.29, 1.82) is 0 Å². The highest BCUT2D eigenvalue weighted by Gasteiger charge is 2.40. The van der Waals surface area contributed by atoms with Gasteiger partial charge in [-0.05, 0) is 18.1 Å². The summed E-state index contributed by atoms with van der Waals surface area (Å²) in [6, 6.07) is 15.3. The molecular formula is C17H14O2. The zero-order valence-corrected chi connectivity index (χ0v) is 10.7. The molecule has 0 spiro atoms. The molecule has 0 heterocycles. The van der Waals surface area contributed by atoms with Crippen LogP contribution in [0.15, 0.2) is 48.5 Å². The lowest BCUT2D eigenvalue weighted by Crippen LogP contribution is -2.12. The molecule has 94 valence electrons. The molecule has 2 heteroatoms. The Morgan fingerprint density at radius 1 is 1.00 bits per heavy atom. The van der Waals surface area contributed by atoms with Crippen LogP contribution in [0.4, 0.5) is 0 Å². The number of rotatable bonds is 2. The van der Waals surface area contributed by atoms with Crippen LogP contribution < -0.4 is 0 Å². The van der Waals surface area contributed by atoms with Gasteiger partial charge >= 0.3 is 0 Å². The van der Waals surface area contributed by atoms with Crippen molar-refractivity contribution >= 4 is 12.1 Å². The fourth-order valence-corrected chi connectivity index (χ4v) is 2.81. The van der Waals surface area contributed by atoms with Gasteiger partial charge in [0.05, 0.1) is 11.8 Å². The molecule has 1 aliphatic rings. The highest BCUT2D eigenvalue weighted by molar-refractivity contribution is 6.09. The van der Waals surface area contributed by atoms with E-state index in [-0.39, 0.29) is 17.6 Å². The number of benzene rings is 2. The van der Waals surface area contributed by atoms with Crippen molar-refractivity contribution < 1.29 is 9.59 Å². The van der Waals surface area contributed by atoms with Gasteiger partial charge in [-0.25, -0.2) is 0 Å². The Labute approximate surface area is 112 Å². The predicted molar refractivity (Wildman–Crippen MR) is 73.5 cm³/mol. The van der Waals surface area contributed by atoms with E-state index in [1.54, 1.807) is 0 Å². The van der Waals surface area contributed by atoms with Gasteiger partial charge < -0.3 is 4.79 Å². The van der Waals surface area contributed by atoms with E-state index >= 15 is 0 Å². The molecule has 0 radical (unpaired) electrons. The molecule has 19 heavy (non-hydrogen) atoms. The summed E-state index contributed by atoms with van der Waals surface area (Å²) in [6.07, 6.45) is 0.897. The lowest BCUT2D eigenvalue weighted by molar-refractivity contribution is -0.109. The first-order chi connectivity index (χ1) is 9.22. The first-order valence-corrected chi connectivity index (χ1v) is 6.37. The minimum absolute atomic E-state index is 0.0524. The van der Waals surface area contributed by atoms with Crippen molar-refractivity contribution in [3.63, 3.8) is 0 Å². The first-order valence-electron chi connectivity index (χ1n) is 6.37. The van der Waals surface area contributed by atoms with Crippen molar-refractivity contribution in [2.75, 3.05) is 0 Å². The van der Waals surface area contributed by atoms with Crippen LogP contribution in [-0.4, -0.2) is 12.1 Å². The van der Waals surface area contributed by atoms with Gasteiger partial charge in [0.2, 0.25) is 0 Å². The first kappa shape index (κ1) is 11.8. The largest absolute Gasteiger partial charge is 0.303 e. The van der Waals surface area contributed by atoms with Crippen LogP contribution in [0, 0.1) is 6.92 Å². The zero-order valence-electron chi connectivity index (χ0n) is 10.7. The molecular weight excluding hydrogens is 236 g/mol. The maximum absolute atomic E-state index is 12.5. The van der Waals surface area contributed by atoms with Crippen LogP contribution in [0.1, 0.15) is 38.9 Å². The summed E-state index contributed by atoms with van der Waals surface area (Å²) in [6.45, 7) is 2.01. The Morgan fingerprint density at radius 2 is 1.68 bits per heavy atom. The summed E-state index contributed by atoms with van der Waals surface area (Å²) >= 11 is 0. The molecule has 2 aromatic carbocycles. The van der Waals surface area contributed by atoms with E-state index in [2.05, 4.69) is 0 Å². The number of hydrogen-bond donors (Lipinski definition) is 0. The van der Waals surface area contributed by atoms with Gasteiger partial charge in [-0.1, -0.05) is 54.1 Å². The maximum Gasteiger partial charge on any atom is 0.171 e. The monoisotopic (exact) mass is 250 g/mol. The summed E-state index contributed by atoms with van der Waals surface area (Å²) in [5.41, 5.74) is 3.61. The minimum Gasteiger partial charge on any atom is -0.303 e. The van der Waals surface area contributed by atoms with Crippen LogP contribution in [0.5, 0.6) is 0 Å². The smallest absolute Gasteiger partial charge is 0.171 e. The summed E-state index contributed by atoms with van der Waals surface area (Å²) in [5.74, 6) is -0.668. The maximum atomic E-state index is 12.5. The molecule has 2 aromatic rings. The van der Waals surface area contributed by atoms with Crippen LogP contribution in [0.25, 0.3) is 0 Å². The van der Waals surface area contributed by atoms with Crippen molar-refractivity contribution in [3.8, 4) is 0 Å². The number of aldehydes is 1. The van der Waals surface area contributed by atoms with E-state index in [1.165, 1.54) is 0 Å². The second kappa shape index (κ2) is 4.47. The Hall–Kier alpha value is -2.22. The normalized spacial score (nSPS) is 21.2. The summed E-state index contributed by atoms with van der Waals surface area (Å²) < 4.78 is 0. The molecule has 2 nitrogen and oxygen atoms in total. The molecule has 0 fully saturated rings. The van der Waals surface area contributed by atoms with Gasteiger partial charge in [0.15, 0.2) is 5.78 Å². The third-order valence-corrected chi connectivity index (χ3v) is 3.81. The molecule has 0 aromatic heterocycles. The number of fused-ring (bicyclic) bond motifs is 1. The number of aryl methyl sites for hydroxylation is 1. The molecule has 0 saturated heterocycles. The number of Topliss-reactive ketones (excluding diaryl/α,β-unsaturated/α-hetero) is 1. The van der Waals surface area contributed by atoms with Gasteiger partial charge in [0, 0.05) is 5.56 Å². The summed E-state index contributed by atoms with van der Waals surface area (Å²) in [7, 11) is 0. The Kier molecular flexibility index (Phi) is 2.79. The van der Waals surface area contributed by atoms with E-state index in [9.17, 15) is 9.59 Å². The number of carbonyl (C=O) groups excluding carboxylic acids is 2. The fourth-order valence-electron chi connectivity index (χ4n) is 2.81. The van der Waals surface area contributed by atoms with Gasteiger partial charge in [-0.2, -0.15) is 0 Å². The zero-order chi connectivity index (χ0) is 13.4. The second-order valence-electron chi connectivity index (χ2n) is 5.00. The molecule has 2 unspecified atom stereocenters. The van der Waals surface area contributed by atoms with Crippen molar-refractivity contribution in [1.82, 2.24) is 0 Å². The van der Waals surface area contributed by atoms with Crippen LogP contribution in [-0.2, 0) is 4.79 Å². The van der Waals surface area contributed by atoms with Crippen molar-refractivity contribution in [2.45, 2.75) is 18.8 Å². The lowest BCUT2D eigenvalue weighted by atomic mass is 9.87. The quantitative estimate of drug-likeness (QED) is 0.767. The molecule has 2 atom stereocenters. The molecule has 0 aliphatic heterocycles. The van der Waals surface area contributed by atoms with Crippen LogP contribution in [0.2, 0.25) is 0 Å². The number of hydrogen-bond acceptors (Lipinski definition) is 2. The van der Waals surface area contributed by atoms with Gasteiger partial charge in [-0.15, -0.1) is 0 Å². The Morgan fingerprint density at radius 3 is 2.37 bits per heavy atom. The molecule has 0 bridgehead atoms. The average Bonchev–Trinajstić information content (AvgIpc) is 2.73. The van der Waals surface area contributed by atoms with E-state index in [1.807, 2.05) is 55.5 Å². The van der Waals surface area contributed by atoms with E-state index in [0.29, 0.717) is 5.56 Å². The highest BCUT2D eigenvalue weighted by Crippen LogP contribution is 2.42. The third-order valence-electron chi connectivity index (χ3n) is 3.81. The summed E-state index contributed by atoms with van der Waals surface area (Å²) in [4.78, 5) is 23.9. The van der Waals surface area contributed by atoms with Crippen LogP contribution in [0.3, 0.4) is 0 Å². The number of carbonyl (C=O) groups is 2. The molecule has 0 saturated carbocycles. The van der Waals surface area contributed by atoms with Crippen LogP contribution >= 0.6 is 0 Å². The highest BCUT2D eigenvalue weighted by atomic mass is 16.1. The predicted octanol–water partition coefficient (Wildman–Crippen LogP) is 3.26.